The Morgan fingerprint density at radius 3 is 2.48 bits per heavy atom. The van der Waals surface area contributed by atoms with E-state index < -0.39 is 0 Å². The van der Waals surface area contributed by atoms with Gasteiger partial charge in [-0.05, 0) is 23.8 Å². The van der Waals surface area contributed by atoms with Crippen molar-refractivity contribution in [3.63, 3.8) is 0 Å². The van der Waals surface area contributed by atoms with E-state index in [9.17, 15) is 4.79 Å². The number of rotatable bonds is 6. The van der Waals surface area contributed by atoms with E-state index in [0.717, 1.165) is 33.8 Å². The molecule has 4 aromatic rings. The van der Waals surface area contributed by atoms with E-state index >= 15 is 0 Å². The minimum Gasteiger partial charge on any atom is -0.489 e. The zero-order valence-corrected chi connectivity index (χ0v) is 15.3. The number of aromatic nitrogens is 3. The molecule has 0 spiro atoms. The van der Waals surface area contributed by atoms with Crippen molar-refractivity contribution < 1.29 is 4.74 Å². The van der Waals surface area contributed by atoms with Crippen LogP contribution >= 0.6 is 11.3 Å². The Hall–Kier alpha value is -3.25. The Balaban J connectivity index is 1.55. The van der Waals surface area contributed by atoms with Gasteiger partial charge in [0.25, 0.3) is 0 Å². The van der Waals surface area contributed by atoms with Crippen LogP contribution < -0.4 is 9.61 Å². The molecule has 0 aliphatic rings. The van der Waals surface area contributed by atoms with E-state index in [-0.39, 0.29) is 4.87 Å². The average molecular weight is 375 g/mol. The van der Waals surface area contributed by atoms with Crippen LogP contribution in [0.2, 0.25) is 0 Å². The summed E-state index contributed by atoms with van der Waals surface area (Å²) in [5.41, 5.74) is 2.90. The molecule has 0 saturated heterocycles. The highest BCUT2D eigenvalue weighted by Gasteiger charge is 2.11. The predicted molar refractivity (Wildman–Crippen MR) is 106 cm³/mol. The standard InChI is InChI=1S/C21H17N3O2S/c25-21-24(23-20(27-21)17-10-12-22-13-11-17)14-18-8-4-5-9-19(18)26-15-16-6-2-1-3-7-16/h1-13H,14-15H2. The fourth-order valence-electron chi connectivity index (χ4n) is 2.69. The largest absolute Gasteiger partial charge is 0.489 e. The molecule has 0 atom stereocenters. The van der Waals surface area contributed by atoms with Crippen LogP contribution in [0.4, 0.5) is 0 Å². The minimum atomic E-state index is -0.0975. The Morgan fingerprint density at radius 2 is 1.67 bits per heavy atom. The summed E-state index contributed by atoms with van der Waals surface area (Å²) in [6.07, 6.45) is 3.39. The van der Waals surface area contributed by atoms with Gasteiger partial charge in [-0.3, -0.25) is 9.78 Å². The normalized spacial score (nSPS) is 10.7. The smallest absolute Gasteiger partial charge is 0.325 e. The highest BCUT2D eigenvalue weighted by Crippen LogP contribution is 2.22. The Labute approximate surface area is 160 Å². The molecule has 2 aromatic carbocycles. The monoisotopic (exact) mass is 375 g/mol. The lowest BCUT2D eigenvalue weighted by atomic mass is 10.2. The van der Waals surface area contributed by atoms with Gasteiger partial charge in [-0.15, -0.1) is 0 Å². The summed E-state index contributed by atoms with van der Waals surface area (Å²) in [5, 5.41) is 5.16. The molecule has 2 aromatic heterocycles. The first-order chi connectivity index (χ1) is 13.3. The molecule has 0 amide bonds. The van der Waals surface area contributed by atoms with Crippen LogP contribution in [-0.2, 0) is 13.2 Å². The summed E-state index contributed by atoms with van der Waals surface area (Å²) < 4.78 is 7.46. The van der Waals surface area contributed by atoms with Crippen LogP contribution in [0.3, 0.4) is 0 Å². The third-order valence-electron chi connectivity index (χ3n) is 4.06. The van der Waals surface area contributed by atoms with E-state index in [4.69, 9.17) is 4.74 Å². The molecule has 0 saturated carbocycles. The highest BCUT2D eigenvalue weighted by molar-refractivity contribution is 7.12. The summed E-state index contributed by atoms with van der Waals surface area (Å²) >= 11 is 1.13. The molecule has 0 bridgehead atoms. The van der Waals surface area contributed by atoms with E-state index in [0.29, 0.717) is 18.2 Å². The second-order valence-corrected chi connectivity index (χ2v) is 6.89. The zero-order chi connectivity index (χ0) is 18.5. The van der Waals surface area contributed by atoms with Crippen molar-refractivity contribution in [3.05, 3.63) is 99.9 Å². The summed E-state index contributed by atoms with van der Waals surface area (Å²) in [6.45, 7) is 0.845. The second kappa shape index (κ2) is 7.97. The summed E-state index contributed by atoms with van der Waals surface area (Å²) in [5.74, 6) is 0.756. The molecule has 6 heteroatoms. The van der Waals surface area contributed by atoms with Gasteiger partial charge in [-0.1, -0.05) is 59.9 Å². The lowest BCUT2D eigenvalue weighted by Gasteiger charge is -2.11. The predicted octanol–water partition coefficient (Wildman–Crippen LogP) is 3.99. The average Bonchev–Trinajstić information content (AvgIpc) is 3.09. The number of nitrogens with zero attached hydrogens (tertiary/aromatic N) is 3. The number of ether oxygens (including phenoxy) is 1. The quantitative estimate of drug-likeness (QED) is 0.511. The molecule has 4 rings (SSSR count). The number of benzene rings is 2. The SMILES string of the molecule is O=c1sc(-c2ccncc2)nn1Cc1ccccc1OCc1ccccc1. The summed E-state index contributed by atoms with van der Waals surface area (Å²) in [6, 6.07) is 21.4. The molecule has 0 unspecified atom stereocenters. The minimum absolute atomic E-state index is 0.0975. The molecule has 0 N–H and O–H groups in total. The van der Waals surface area contributed by atoms with Crippen molar-refractivity contribution >= 4 is 11.3 Å². The van der Waals surface area contributed by atoms with Gasteiger partial charge in [-0.2, -0.15) is 5.10 Å². The fraction of sp³-hybridized carbons (Fsp3) is 0.0952. The van der Waals surface area contributed by atoms with Crippen molar-refractivity contribution in [3.8, 4) is 16.3 Å². The van der Waals surface area contributed by atoms with Gasteiger partial charge in [0, 0.05) is 23.5 Å². The molecular formula is C21H17N3O2S. The van der Waals surface area contributed by atoms with E-state index in [1.165, 1.54) is 4.68 Å². The molecule has 0 radical (unpaired) electrons. The van der Waals surface area contributed by atoms with Crippen molar-refractivity contribution in [2.75, 3.05) is 0 Å². The lowest BCUT2D eigenvalue weighted by molar-refractivity contribution is 0.302. The third-order valence-corrected chi connectivity index (χ3v) is 4.96. The van der Waals surface area contributed by atoms with E-state index in [1.54, 1.807) is 12.4 Å². The number of hydrogen-bond donors (Lipinski definition) is 0. The summed E-state index contributed by atoms with van der Waals surface area (Å²) in [7, 11) is 0. The van der Waals surface area contributed by atoms with Crippen molar-refractivity contribution in [1.82, 2.24) is 14.8 Å². The van der Waals surface area contributed by atoms with Gasteiger partial charge in [0.2, 0.25) is 0 Å². The molecule has 0 fully saturated rings. The molecule has 5 nitrogen and oxygen atoms in total. The first-order valence-corrected chi connectivity index (χ1v) is 9.34. The van der Waals surface area contributed by atoms with Gasteiger partial charge in [-0.25, -0.2) is 4.68 Å². The van der Waals surface area contributed by atoms with Gasteiger partial charge < -0.3 is 4.74 Å². The van der Waals surface area contributed by atoms with Crippen molar-refractivity contribution in [2.24, 2.45) is 0 Å². The molecule has 0 aliphatic heterocycles. The van der Waals surface area contributed by atoms with Crippen LogP contribution in [0.5, 0.6) is 5.75 Å². The maximum Gasteiger partial charge on any atom is 0.325 e. The molecule has 2 heterocycles. The Bertz CT molecular complexity index is 1080. The molecule has 27 heavy (non-hydrogen) atoms. The Kier molecular flexibility index (Phi) is 5.07. The van der Waals surface area contributed by atoms with Gasteiger partial charge >= 0.3 is 4.87 Å². The third kappa shape index (κ3) is 4.12. The van der Waals surface area contributed by atoms with E-state index in [1.807, 2.05) is 66.7 Å². The second-order valence-electron chi connectivity index (χ2n) is 5.95. The highest BCUT2D eigenvalue weighted by atomic mass is 32.1. The van der Waals surface area contributed by atoms with Gasteiger partial charge in [0.15, 0.2) is 0 Å². The number of hydrogen-bond acceptors (Lipinski definition) is 5. The first-order valence-electron chi connectivity index (χ1n) is 8.52. The maximum atomic E-state index is 12.4. The zero-order valence-electron chi connectivity index (χ0n) is 14.5. The van der Waals surface area contributed by atoms with Gasteiger partial charge in [0.1, 0.15) is 17.4 Å². The van der Waals surface area contributed by atoms with Gasteiger partial charge in [0.05, 0.1) is 6.54 Å². The van der Waals surface area contributed by atoms with Crippen LogP contribution in [-0.4, -0.2) is 14.8 Å². The maximum absolute atomic E-state index is 12.4. The van der Waals surface area contributed by atoms with Crippen LogP contribution in [0.15, 0.2) is 83.9 Å². The molecule has 0 aliphatic carbocycles. The Morgan fingerprint density at radius 1 is 0.926 bits per heavy atom. The van der Waals surface area contributed by atoms with E-state index in [2.05, 4.69) is 10.1 Å². The molecular weight excluding hydrogens is 358 g/mol. The fourth-order valence-corrected chi connectivity index (χ4v) is 3.46. The number of para-hydroxylation sites is 1. The van der Waals surface area contributed by atoms with Crippen LogP contribution in [0, 0.1) is 0 Å². The summed E-state index contributed by atoms with van der Waals surface area (Å²) in [4.78, 5) is 16.3. The van der Waals surface area contributed by atoms with Crippen molar-refractivity contribution in [2.45, 2.75) is 13.2 Å². The topological polar surface area (TPSA) is 57.0 Å². The first kappa shape index (κ1) is 17.2. The lowest BCUT2D eigenvalue weighted by Crippen LogP contribution is -2.16. The van der Waals surface area contributed by atoms with Crippen molar-refractivity contribution in [1.29, 1.82) is 0 Å². The molecule has 134 valence electrons. The van der Waals surface area contributed by atoms with Crippen LogP contribution in [0.25, 0.3) is 10.6 Å². The number of pyridine rings is 1. The van der Waals surface area contributed by atoms with Crippen LogP contribution in [0.1, 0.15) is 11.1 Å².